The molecular weight excluding hydrogens is 657 g/mol. The lowest BCUT2D eigenvalue weighted by atomic mass is 9.85. The topological polar surface area (TPSA) is 177 Å². The Morgan fingerprint density at radius 1 is 1.19 bits per heavy atom. The molecule has 4 fully saturated rings. The molecule has 48 heavy (non-hydrogen) atoms. The van der Waals surface area contributed by atoms with Crippen molar-refractivity contribution in [2.24, 2.45) is 17.3 Å². The van der Waals surface area contributed by atoms with Crippen LogP contribution in [0.1, 0.15) is 65.7 Å². The highest BCUT2D eigenvalue weighted by Crippen LogP contribution is 2.45. The Morgan fingerprint density at radius 3 is 2.54 bits per heavy atom. The van der Waals surface area contributed by atoms with Crippen molar-refractivity contribution in [2.75, 3.05) is 6.54 Å². The largest absolute Gasteiger partial charge is 0.458 e. The van der Waals surface area contributed by atoms with Gasteiger partial charge in [-0.2, -0.15) is 4.98 Å². The average Bonchev–Trinajstić information content (AvgIpc) is 3.98. The van der Waals surface area contributed by atoms with Gasteiger partial charge in [0.25, 0.3) is 5.91 Å². The van der Waals surface area contributed by atoms with Gasteiger partial charge in [0.2, 0.25) is 27.7 Å². The van der Waals surface area contributed by atoms with Gasteiger partial charge in [-0.15, -0.1) is 17.9 Å². The van der Waals surface area contributed by atoms with E-state index in [0.717, 1.165) is 17.7 Å². The van der Waals surface area contributed by atoms with Gasteiger partial charge in [0.15, 0.2) is 0 Å². The van der Waals surface area contributed by atoms with Crippen molar-refractivity contribution < 1.29 is 32.3 Å². The first-order valence-corrected chi connectivity index (χ1v) is 18.8. The van der Waals surface area contributed by atoms with Gasteiger partial charge in [-0.3, -0.25) is 23.9 Å². The van der Waals surface area contributed by atoms with Gasteiger partial charge in [0, 0.05) is 25.0 Å². The molecule has 3 saturated carbocycles. The molecule has 0 radical (unpaired) electrons. The second-order valence-electron chi connectivity index (χ2n) is 14.4. The molecule has 0 bridgehead atoms. The highest BCUT2D eigenvalue weighted by atomic mass is 32.2. The summed E-state index contributed by atoms with van der Waals surface area (Å²) in [6.45, 7) is 9.28. The van der Waals surface area contributed by atoms with Gasteiger partial charge in [0.05, 0.1) is 22.4 Å². The van der Waals surface area contributed by atoms with Crippen molar-refractivity contribution in [3.63, 3.8) is 0 Å². The van der Waals surface area contributed by atoms with E-state index < -0.39 is 68.1 Å². The second-order valence-corrected chi connectivity index (χ2v) is 17.3. The predicted molar refractivity (Wildman–Crippen MR) is 178 cm³/mol. The van der Waals surface area contributed by atoms with Crippen LogP contribution in [0.25, 0.3) is 10.6 Å². The average molecular weight is 699 g/mol. The van der Waals surface area contributed by atoms with Crippen LogP contribution in [-0.2, 0) is 29.2 Å². The molecule has 2 aromatic rings. The quantitative estimate of drug-likeness (QED) is 0.266. The summed E-state index contributed by atoms with van der Waals surface area (Å²) in [5.41, 5.74) is -1.55. The zero-order chi connectivity index (χ0) is 34.4. The van der Waals surface area contributed by atoms with Crippen molar-refractivity contribution >= 4 is 45.0 Å². The molecule has 15 heteroatoms. The van der Waals surface area contributed by atoms with Crippen molar-refractivity contribution in [1.82, 2.24) is 30.2 Å². The van der Waals surface area contributed by atoms with Gasteiger partial charge in [0.1, 0.15) is 23.7 Å². The standard InChI is InChI=1S/C33H42N6O7S2/c1-5-20-17-33(20,30(43)38-48(44,45)22-10-11-22)37-28(41)24-16-21(46-31-34-13-12-23(35-31)25-7-6-14-47-25)18-39(24)29(42)27(32(2,3)4)36-26(40)15-19-8-9-19/h5-7,12-14,19-22,24,27H,1,8-11,15-18H2,2-4H3,(H,36,40)(H,37,41)(H,38,43). The number of sulfonamides is 1. The number of thiophene rings is 1. The first kappa shape index (κ1) is 34.0. The Balaban J connectivity index is 1.25. The number of likely N-dealkylation sites (tertiary alicyclic amines) is 1. The van der Waals surface area contributed by atoms with E-state index in [1.54, 1.807) is 12.3 Å². The summed E-state index contributed by atoms with van der Waals surface area (Å²) in [4.78, 5) is 65.8. The maximum atomic E-state index is 14.3. The third-order valence-corrected chi connectivity index (χ3v) is 12.1. The minimum Gasteiger partial charge on any atom is -0.458 e. The van der Waals surface area contributed by atoms with Crippen LogP contribution in [0, 0.1) is 17.3 Å². The third kappa shape index (κ3) is 7.41. The zero-order valence-corrected chi connectivity index (χ0v) is 28.9. The highest BCUT2D eigenvalue weighted by Gasteiger charge is 2.62. The second kappa shape index (κ2) is 12.9. The number of amides is 4. The van der Waals surface area contributed by atoms with Gasteiger partial charge in [-0.05, 0) is 60.9 Å². The molecule has 0 aromatic carbocycles. The molecule has 4 aliphatic rings. The van der Waals surface area contributed by atoms with E-state index in [1.165, 1.54) is 22.3 Å². The fourth-order valence-electron chi connectivity index (χ4n) is 6.12. The smallest absolute Gasteiger partial charge is 0.317 e. The van der Waals surface area contributed by atoms with Gasteiger partial charge in [-0.25, -0.2) is 13.4 Å². The summed E-state index contributed by atoms with van der Waals surface area (Å²) in [5, 5.41) is 7.02. The van der Waals surface area contributed by atoms with Crippen molar-refractivity contribution in [1.29, 1.82) is 0 Å². The number of carbonyl (C=O) groups is 4. The molecule has 3 N–H and O–H groups in total. The summed E-state index contributed by atoms with van der Waals surface area (Å²) in [7, 11) is -3.87. The number of carbonyl (C=O) groups excluding carboxylic acids is 4. The van der Waals surface area contributed by atoms with Crippen LogP contribution in [0.15, 0.2) is 42.4 Å². The van der Waals surface area contributed by atoms with Gasteiger partial charge < -0.3 is 20.3 Å². The van der Waals surface area contributed by atoms with E-state index in [-0.39, 0.29) is 31.3 Å². The van der Waals surface area contributed by atoms with Crippen LogP contribution in [0.2, 0.25) is 0 Å². The number of ether oxygens (including phenoxy) is 1. The molecule has 5 unspecified atom stereocenters. The predicted octanol–water partition coefficient (Wildman–Crippen LogP) is 2.55. The summed E-state index contributed by atoms with van der Waals surface area (Å²) in [6, 6.07) is 3.64. The number of nitrogens with zero attached hydrogens (tertiary/aromatic N) is 3. The molecule has 258 valence electrons. The van der Waals surface area contributed by atoms with Crippen LogP contribution in [0.4, 0.5) is 0 Å². The maximum Gasteiger partial charge on any atom is 0.317 e. The third-order valence-electron chi connectivity index (χ3n) is 9.37. The molecule has 1 saturated heterocycles. The van der Waals surface area contributed by atoms with Crippen molar-refractivity contribution in [2.45, 2.75) is 94.7 Å². The van der Waals surface area contributed by atoms with E-state index in [1.807, 2.05) is 38.3 Å². The molecule has 3 aliphatic carbocycles. The van der Waals surface area contributed by atoms with Gasteiger partial charge in [-0.1, -0.05) is 32.9 Å². The SMILES string of the molecule is C=CC1CC1(NC(=O)C1CC(Oc2nccc(-c3cccs3)n2)CN1C(=O)C(NC(=O)CC1CC1)C(C)(C)C)C(=O)NS(=O)(=O)C1CC1. The molecule has 13 nitrogen and oxygen atoms in total. The van der Waals surface area contributed by atoms with Crippen LogP contribution in [0.3, 0.4) is 0 Å². The zero-order valence-electron chi connectivity index (χ0n) is 27.3. The molecule has 4 amide bonds. The lowest BCUT2D eigenvalue weighted by Crippen LogP contribution is -2.60. The summed E-state index contributed by atoms with van der Waals surface area (Å²) in [5.74, 6) is -2.33. The fraction of sp³-hybridized carbons (Fsp3) is 0.576. The number of nitrogens with one attached hydrogen (secondary N) is 3. The first-order chi connectivity index (χ1) is 22.7. The summed E-state index contributed by atoms with van der Waals surface area (Å²) in [6.07, 6.45) is 5.84. The van der Waals surface area contributed by atoms with Crippen molar-refractivity contribution in [3.05, 3.63) is 42.4 Å². The molecular formula is C33H42N6O7S2. The molecule has 6 rings (SSSR count). The minimum absolute atomic E-state index is 0.00523. The van der Waals surface area contributed by atoms with Gasteiger partial charge >= 0.3 is 6.01 Å². The van der Waals surface area contributed by atoms with E-state index in [2.05, 4.69) is 31.9 Å². The Kier molecular flexibility index (Phi) is 9.13. The summed E-state index contributed by atoms with van der Waals surface area (Å²) >= 11 is 1.51. The van der Waals surface area contributed by atoms with Crippen LogP contribution in [0.5, 0.6) is 6.01 Å². The highest BCUT2D eigenvalue weighted by molar-refractivity contribution is 7.91. The number of hydrogen-bond donors (Lipinski definition) is 3. The Labute approximate surface area is 284 Å². The number of aromatic nitrogens is 2. The maximum absolute atomic E-state index is 14.3. The molecule has 2 aromatic heterocycles. The summed E-state index contributed by atoms with van der Waals surface area (Å²) < 4.78 is 33.5. The number of rotatable bonds is 13. The van der Waals surface area contributed by atoms with Crippen LogP contribution < -0.4 is 20.1 Å². The van der Waals surface area contributed by atoms with Crippen LogP contribution >= 0.6 is 11.3 Å². The first-order valence-electron chi connectivity index (χ1n) is 16.3. The molecule has 3 heterocycles. The van der Waals surface area contributed by atoms with E-state index in [0.29, 0.717) is 30.9 Å². The lowest BCUT2D eigenvalue weighted by Gasteiger charge is -2.35. The molecule has 5 atom stereocenters. The monoisotopic (exact) mass is 698 g/mol. The minimum atomic E-state index is -3.87. The van der Waals surface area contributed by atoms with Crippen LogP contribution in [-0.4, -0.2) is 82.4 Å². The van der Waals surface area contributed by atoms with Crippen molar-refractivity contribution in [3.8, 4) is 16.6 Å². The van der Waals surface area contributed by atoms with E-state index in [9.17, 15) is 27.6 Å². The van der Waals surface area contributed by atoms with E-state index >= 15 is 0 Å². The Hall–Kier alpha value is -3.85. The lowest BCUT2D eigenvalue weighted by molar-refractivity contribution is -0.144. The van der Waals surface area contributed by atoms with E-state index in [4.69, 9.17) is 4.74 Å². The number of hydrogen-bond acceptors (Lipinski definition) is 10. The molecule has 1 aliphatic heterocycles. The Bertz CT molecular complexity index is 1700. The normalized spacial score (nSPS) is 25.9. The molecule has 0 spiro atoms. The fourth-order valence-corrected chi connectivity index (χ4v) is 8.18. The Morgan fingerprint density at radius 2 is 1.94 bits per heavy atom.